The third kappa shape index (κ3) is 2.85. The van der Waals surface area contributed by atoms with E-state index in [-0.39, 0.29) is 5.56 Å². The number of carbonyl (C=O) groups excluding carboxylic acids is 1. The molecule has 0 spiro atoms. The van der Waals surface area contributed by atoms with Crippen LogP contribution in [-0.4, -0.2) is 26.5 Å². The van der Waals surface area contributed by atoms with Gasteiger partial charge in [-0.25, -0.2) is 8.42 Å². The number of halogens is 1. The van der Waals surface area contributed by atoms with E-state index in [4.69, 9.17) is 11.6 Å². The fraction of sp³-hybridized carbons (Fsp3) is 0.118. The number of anilines is 2. The van der Waals surface area contributed by atoms with Crippen molar-refractivity contribution in [3.8, 4) is 0 Å². The maximum Gasteiger partial charge on any atom is 0.273 e. The van der Waals surface area contributed by atoms with Crippen LogP contribution < -0.4 is 9.62 Å². The molecule has 25 heavy (non-hydrogen) atoms. The fourth-order valence-electron chi connectivity index (χ4n) is 2.59. The Balaban J connectivity index is 2.07. The van der Waals surface area contributed by atoms with Crippen LogP contribution in [-0.2, 0) is 14.8 Å². The highest BCUT2D eigenvalue weighted by molar-refractivity contribution is 7.97. The van der Waals surface area contributed by atoms with Crippen molar-refractivity contribution >= 4 is 44.7 Å². The van der Waals surface area contributed by atoms with Crippen molar-refractivity contribution in [2.75, 3.05) is 16.7 Å². The van der Waals surface area contributed by atoms with Gasteiger partial charge in [-0.2, -0.15) is 0 Å². The molecule has 0 aliphatic carbocycles. The topological polar surface area (TPSA) is 86.7 Å². The van der Waals surface area contributed by atoms with Crippen molar-refractivity contribution < 1.29 is 18.3 Å². The number of hydrogen-bond acceptors (Lipinski definition) is 4. The van der Waals surface area contributed by atoms with E-state index >= 15 is 0 Å². The number of hydrogen-bond donors (Lipinski definition) is 2. The predicted molar refractivity (Wildman–Crippen MR) is 98.1 cm³/mol. The molecule has 1 heterocycles. The first-order valence-corrected chi connectivity index (χ1v) is 9.14. The maximum absolute atomic E-state index is 12.7. The second-order valence-corrected chi connectivity index (χ2v) is 7.90. The first-order valence-electron chi connectivity index (χ1n) is 7.32. The Labute approximate surface area is 150 Å². The van der Waals surface area contributed by atoms with E-state index in [1.165, 1.54) is 7.05 Å². The molecule has 0 saturated carbocycles. The highest BCUT2D eigenvalue weighted by Crippen LogP contribution is 2.37. The largest absolute Gasteiger partial charge is 0.506 e. The van der Waals surface area contributed by atoms with Gasteiger partial charge in [0.25, 0.3) is 15.9 Å². The second kappa shape index (κ2) is 6.09. The summed E-state index contributed by atoms with van der Waals surface area (Å²) < 4.78 is 26.3. The van der Waals surface area contributed by atoms with Crippen molar-refractivity contribution in [1.82, 2.24) is 0 Å². The molecule has 0 radical (unpaired) electrons. The number of aryl methyl sites for hydroxylation is 1. The number of nitrogens with zero attached hydrogens (tertiary/aromatic N) is 1. The van der Waals surface area contributed by atoms with Crippen molar-refractivity contribution in [2.45, 2.75) is 6.92 Å². The zero-order valence-corrected chi connectivity index (χ0v) is 15.0. The molecule has 3 rings (SSSR count). The molecule has 1 aliphatic heterocycles. The number of amides is 1. The van der Waals surface area contributed by atoms with Gasteiger partial charge in [-0.15, -0.1) is 0 Å². The van der Waals surface area contributed by atoms with E-state index in [0.717, 1.165) is 9.87 Å². The predicted octanol–water partition coefficient (Wildman–Crippen LogP) is 3.29. The summed E-state index contributed by atoms with van der Waals surface area (Å²) in [5.74, 6) is -1.49. The summed E-state index contributed by atoms with van der Waals surface area (Å²) >= 11 is 5.95. The molecular weight excluding hydrogens is 364 g/mol. The molecule has 2 aromatic carbocycles. The second-order valence-electron chi connectivity index (χ2n) is 5.59. The molecule has 0 bridgehead atoms. The average molecular weight is 379 g/mol. The number of sulfonamides is 1. The van der Waals surface area contributed by atoms with Crippen molar-refractivity contribution in [2.24, 2.45) is 0 Å². The monoisotopic (exact) mass is 378 g/mol. The maximum atomic E-state index is 12.7. The number of aliphatic hydroxyl groups is 1. The van der Waals surface area contributed by atoms with Gasteiger partial charge >= 0.3 is 0 Å². The lowest BCUT2D eigenvalue weighted by Crippen LogP contribution is -2.37. The van der Waals surface area contributed by atoms with Crippen LogP contribution in [0.25, 0.3) is 5.76 Å². The van der Waals surface area contributed by atoms with Gasteiger partial charge in [0, 0.05) is 23.3 Å². The van der Waals surface area contributed by atoms with E-state index < -0.39 is 26.6 Å². The number of fused-ring (bicyclic) bond motifs is 1. The molecular formula is C17H15ClN2O4S. The molecule has 0 saturated heterocycles. The van der Waals surface area contributed by atoms with E-state index in [0.29, 0.717) is 16.4 Å². The van der Waals surface area contributed by atoms with E-state index in [1.54, 1.807) is 49.4 Å². The van der Waals surface area contributed by atoms with Crippen LogP contribution in [0.2, 0.25) is 5.02 Å². The number of benzene rings is 2. The smallest absolute Gasteiger partial charge is 0.273 e. The molecule has 0 aromatic heterocycles. The highest BCUT2D eigenvalue weighted by Gasteiger charge is 2.39. The Morgan fingerprint density at radius 1 is 1.20 bits per heavy atom. The molecule has 0 unspecified atom stereocenters. The van der Waals surface area contributed by atoms with E-state index in [9.17, 15) is 18.3 Å². The van der Waals surface area contributed by atoms with Crippen LogP contribution in [0.1, 0.15) is 11.1 Å². The third-order valence-electron chi connectivity index (χ3n) is 3.95. The van der Waals surface area contributed by atoms with Gasteiger partial charge in [0.05, 0.1) is 5.69 Å². The number of nitrogens with one attached hydrogen (secondary N) is 1. The van der Waals surface area contributed by atoms with Gasteiger partial charge < -0.3 is 10.4 Å². The molecule has 130 valence electrons. The fourth-order valence-corrected chi connectivity index (χ4v) is 4.04. The Morgan fingerprint density at radius 2 is 1.88 bits per heavy atom. The van der Waals surface area contributed by atoms with Gasteiger partial charge in [-0.3, -0.25) is 9.10 Å². The normalized spacial score (nSPS) is 15.7. The summed E-state index contributed by atoms with van der Waals surface area (Å²) in [5.41, 5.74) is 1.69. The third-order valence-corrected chi connectivity index (χ3v) is 6.19. The van der Waals surface area contributed by atoms with Crippen LogP contribution in [0, 0.1) is 6.92 Å². The first kappa shape index (κ1) is 17.3. The van der Waals surface area contributed by atoms with Gasteiger partial charge in [0.1, 0.15) is 0 Å². The van der Waals surface area contributed by atoms with Crippen molar-refractivity contribution in [1.29, 1.82) is 0 Å². The lowest BCUT2D eigenvalue weighted by molar-refractivity contribution is -0.112. The standard InChI is InChI=1S/C17H15ClN2O4S/c1-10-9-11(7-8-13(10)18)19-17(22)16-15(21)12-5-3-4-6-14(12)20(2)25(16,23)24/h3-9,21H,1-2H3,(H,19,22). The molecule has 0 atom stereocenters. The molecule has 0 fully saturated rings. The van der Waals surface area contributed by atoms with Crippen LogP contribution in [0.4, 0.5) is 11.4 Å². The minimum Gasteiger partial charge on any atom is -0.506 e. The molecule has 1 aliphatic rings. The lowest BCUT2D eigenvalue weighted by Gasteiger charge is -2.28. The summed E-state index contributed by atoms with van der Waals surface area (Å²) in [6.45, 7) is 1.76. The van der Waals surface area contributed by atoms with Gasteiger partial charge in [-0.1, -0.05) is 23.7 Å². The summed E-state index contributed by atoms with van der Waals surface area (Å²) in [4.78, 5) is 11.9. The Hall–Kier alpha value is -2.51. The minimum absolute atomic E-state index is 0.275. The van der Waals surface area contributed by atoms with Gasteiger partial charge in [0.2, 0.25) is 0 Å². The average Bonchev–Trinajstić information content (AvgIpc) is 2.56. The Morgan fingerprint density at radius 3 is 2.56 bits per heavy atom. The highest BCUT2D eigenvalue weighted by atomic mass is 35.5. The molecule has 8 heteroatoms. The molecule has 2 N–H and O–H groups in total. The summed E-state index contributed by atoms with van der Waals surface area (Å²) in [6, 6.07) is 11.2. The van der Waals surface area contributed by atoms with Crippen molar-refractivity contribution in [3.63, 3.8) is 0 Å². The number of rotatable bonds is 2. The number of aliphatic hydroxyl groups excluding tert-OH is 1. The summed E-state index contributed by atoms with van der Waals surface area (Å²) in [5, 5.41) is 13.4. The zero-order chi connectivity index (χ0) is 18.4. The van der Waals surface area contributed by atoms with Crippen LogP contribution in [0.5, 0.6) is 0 Å². The minimum atomic E-state index is -4.18. The van der Waals surface area contributed by atoms with Crippen LogP contribution >= 0.6 is 11.6 Å². The molecule has 6 nitrogen and oxygen atoms in total. The number of para-hydroxylation sites is 1. The Bertz CT molecular complexity index is 1020. The van der Waals surface area contributed by atoms with E-state index in [2.05, 4.69) is 5.32 Å². The SMILES string of the molecule is Cc1cc(NC(=O)C2=C(O)c3ccccc3N(C)S2(=O)=O)ccc1Cl. The molecule has 2 aromatic rings. The summed E-state index contributed by atoms with van der Waals surface area (Å²) in [6.07, 6.45) is 0. The summed E-state index contributed by atoms with van der Waals surface area (Å²) in [7, 11) is -2.84. The zero-order valence-electron chi connectivity index (χ0n) is 13.4. The first-order chi connectivity index (χ1) is 11.7. The van der Waals surface area contributed by atoms with Gasteiger partial charge in [0.15, 0.2) is 10.7 Å². The Kier molecular flexibility index (Phi) is 4.22. The number of carbonyl (C=O) groups is 1. The van der Waals surface area contributed by atoms with E-state index in [1.807, 2.05) is 0 Å². The van der Waals surface area contributed by atoms with Crippen LogP contribution in [0.15, 0.2) is 47.4 Å². The molecule has 1 amide bonds. The quantitative estimate of drug-likeness (QED) is 0.839. The van der Waals surface area contributed by atoms with Gasteiger partial charge in [-0.05, 0) is 42.8 Å². The lowest BCUT2D eigenvalue weighted by atomic mass is 10.1. The van der Waals surface area contributed by atoms with Crippen LogP contribution in [0.3, 0.4) is 0 Å². The van der Waals surface area contributed by atoms with Crippen molar-refractivity contribution in [3.05, 3.63) is 63.5 Å².